The van der Waals surface area contributed by atoms with Crippen molar-refractivity contribution in [3.05, 3.63) is 29.8 Å². The third-order valence-corrected chi connectivity index (χ3v) is 2.00. The van der Waals surface area contributed by atoms with Crippen LogP contribution >= 0.6 is 0 Å². The number of hydrogen-bond acceptors (Lipinski definition) is 4. The molecule has 72 valence electrons. The molecule has 1 aromatic heterocycles. The van der Waals surface area contributed by atoms with Crippen LogP contribution in [0.15, 0.2) is 24.3 Å². The van der Waals surface area contributed by atoms with Crippen LogP contribution in [0.4, 0.5) is 0 Å². The first kappa shape index (κ1) is 8.83. The maximum Gasteiger partial charge on any atom is 0.205 e. The van der Waals surface area contributed by atoms with Gasteiger partial charge in [0.25, 0.3) is 0 Å². The van der Waals surface area contributed by atoms with Crippen molar-refractivity contribution in [2.75, 3.05) is 0 Å². The van der Waals surface area contributed by atoms with E-state index in [4.69, 9.17) is 0 Å². The van der Waals surface area contributed by atoms with Crippen LogP contribution in [-0.2, 0) is 0 Å². The van der Waals surface area contributed by atoms with Crippen molar-refractivity contribution in [2.45, 2.75) is 13.0 Å². The van der Waals surface area contributed by atoms with Gasteiger partial charge in [-0.05, 0) is 17.7 Å². The van der Waals surface area contributed by atoms with Gasteiger partial charge in [0.2, 0.25) is 5.82 Å². The molecule has 1 unspecified atom stereocenters. The molecule has 5 nitrogen and oxygen atoms in total. The highest BCUT2D eigenvalue weighted by Crippen LogP contribution is 2.24. The van der Waals surface area contributed by atoms with Crippen LogP contribution in [0.2, 0.25) is 0 Å². The van der Waals surface area contributed by atoms with Crippen molar-refractivity contribution < 1.29 is 5.11 Å². The fourth-order valence-electron chi connectivity index (χ4n) is 1.34. The summed E-state index contributed by atoms with van der Waals surface area (Å²) < 4.78 is 0. The Morgan fingerprint density at radius 2 is 2.14 bits per heavy atom. The number of aliphatic hydroxyl groups excluding tert-OH is 1. The molecule has 14 heavy (non-hydrogen) atoms. The molecule has 0 saturated carbocycles. The summed E-state index contributed by atoms with van der Waals surface area (Å²) >= 11 is 0. The molecule has 0 saturated heterocycles. The highest BCUT2D eigenvalue weighted by Gasteiger charge is 2.11. The molecule has 2 rings (SSSR count). The molecule has 1 heterocycles. The second-order valence-corrected chi connectivity index (χ2v) is 3.00. The van der Waals surface area contributed by atoms with E-state index in [0.29, 0.717) is 5.82 Å². The first-order valence-corrected chi connectivity index (χ1v) is 4.30. The Labute approximate surface area is 80.8 Å². The highest BCUT2D eigenvalue weighted by atomic mass is 16.3. The van der Waals surface area contributed by atoms with Crippen LogP contribution in [0.5, 0.6) is 0 Å². The summed E-state index contributed by atoms with van der Waals surface area (Å²) in [4.78, 5) is 0. The molecule has 1 atom stereocenters. The van der Waals surface area contributed by atoms with Gasteiger partial charge in [-0.25, -0.2) is 0 Å². The standard InChI is InChI=1S/C9H10N4O/c1-6(14)7-4-2-3-5-8(7)9-10-12-13-11-9/h2-6,14H,1H3,(H,10,11,12,13). The number of aromatic amines is 1. The van der Waals surface area contributed by atoms with Gasteiger partial charge >= 0.3 is 0 Å². The smallest absolute Gasteiger partial charge is 0.205 e. The fraction of sp³-hybridized carbons (Fsp3) is 0.222. The van der Waals surface area contributed by atoms with E-state index in [0.717, 1.165) is 11.1 Å². The van der Waals surface area contributed by atoms with E-state index in [1.165, 1.54) is 0 Å². The first-order chi connectivity index (χ1) is 6.79. The number of nitrogens with zero attached hydrogens (tertiary/aromatic N) is 3. The van der Waals surface area contributed by atoms with Crippen LogP contribution in [0, 0.1) is 0 Å². The third-order valence-electron chi connectivity index (χ3n) is 2.00. The summed E-state index contributed by atoms with van der Waals surface area (Å²) in [5, 5.41) is 23.1. The molecule has 0 bridgehead atoms. The quantitative estimate of drug-likeness (QED) is 0.738. The lowest BCUT2D eigenvalue weighted by Gasteiger charge is -2.07. The van der Waals surface area contributed by atoms with Crippen LogP contribution < -0.4 is 0 Å². The molecular weight excluding hydrogens is 180 g/mol. The summed E-state index contributed by atoms with van der Waals surface area (Å²) in [6.07, 6.45) is -0.537. The Morgan fingerprint density at radius 1 is 1.36 bits per heavy atom. The van der Waals surface area contributed by atoms with Crippen molar-refractivity contribution in [3.8, 4) is 11.4 Å². The maximum absolute atomic E-state index is 9.52. The van der Waals surface area contributed by atoms with Crippen LogP contribution in [0.25, 0.3) is 11.4 Å². The van der Waals surface area contributed by atoms with Gasteiger partial charge in [0, 0.05) is 5.56 Å². The predicted octanol–water partition coefficient (Wildman–Crippen LogP) is 0.920. The van der Waals surface area contributed by atoms with E-state index in [9.17, 15) is 5.11 Å². The van der Waals surface area contributed by atoms with Gasteiger partial charge < -0.3 is 5.11 Å². The lowest BCUT2D eigenvalue weighted by Crippen LogP contribution is -1.95. The Kier molecular flexibility index (Phi) is 2.24. The number of H-pyrrole nitrogens is 1. The van der Waals surface area contributed by atoms with Gasteiger partial charge in [-0.1, -0.05) is 24.3 Å². The van der Waals surface area contributed by atoms with E-state index in [1.807, 2.05) is 24.3 Å². The number of aliphatic hydroxyl groups is 1. The average molecular weight is 190 g/mol. The Hall–Kier alpha value is -1.75. The molecule has 0 amide bonds. The highest BCUT2D eigenvalue weighted by molar-refractivity contribution is 5.59. The zero-order valence-electron chi connectivity index (χ0n) is 7.68. The molecule has 0 spiro atoms. The maximum atomic E-state index is 9.52. The number of hydrogen-bond donors (Lipinski definition) is 2. The van der Waals surface area contributed by atoms with Gasteiger partial charge in [0.1, 0.15) is 0 Å². The van der Waals surface area contributed by atoms with Gasteiger partial charge in [-0.3, -0.25) is 0 Å². The van der Waals surface area contributed by atoms with E-state index < -0.39 is 6.10 Å². The van der Waals surface area contributed by atoms with Gasteiger partial charge in [0.05, 0.1) is 6.10 Å². The summed E-state index contributed by atoms with van der Waals surface area (Å²) in [5.41, 5.74) is 1.60. The Balaban J connectivity index is 2.53. The van der Waals surface area contributed by atoms with E-state index >= 15 is 0 Å². The number of aromatic nitrogens is 4. The Bertz CT molecular complexity index is 411. The minimum Gasteiger partial charge on any atom is -0.389 e. The molecule has 2 N–H and O–H groups in total. The second kappa shape index (κ2) is 3.55. The number of nitrogens with one attached hydrogen (secondary N) is 1. The molecular formula is C9H10N4O. The number of tetrazole rings is 1. The average Bonchev–Trinajstić information content (AvgIpc) is 2.70. The van der Waals surface area contributed by atoms with E-state index in [-0.39, 0.29) is 0 Å². The molecule has 0 aliphatic rings. The molecule has 0 aliphatic carbocycles. The van der Waals surface area contributed by atoms with Crippen LogP contribution in [-0.4, -0.2) is 25.7 Å². The first-order valence-electron chi connectivity index (χ1n) is 4.30. The molecule has 2 aromatic rings. The number of benzene rings is 1. The lowest BCUT2D eigenvalue weighted by atomic mass is 10.0. The zero-order valence-corrected chi connectivity index (χ0v) is 7.68. The second-order valence-electron chi connectivity index (χ2n) is 3.00. The SMILES string of the molecule is CC(O)c1ccccc1-c1nn[nH]n1. The third kappa shape index (κ3) is 1.49. The van der Waals surface area contributed by atoms with Gasteiger partial charge in [-0.2, -0.15) is 5.21 Å². The summed E-state index contributed by atoms with van der Waals surface area (Å²) in [7, 11) is 0. The lowest BCUT2D eigenvalue weighted by molar-refractivity contribution is 0.200. The summed E-state index contributed by atoms with van der Waals surface area (Å²) in [6.45, 7) is 1.71. The van der Waals surface area contributed by atoms with Gasteiger partial charge in [0.15, 0.2) is 0 Å². The predicted molar refractivity (Wildman–Crippen MR) is 50.2 cm³/mol. The van der Waals surface area contributed by atoms with E-state index in [1.54, 1.807) is 6.92 Å². The zero-order chi connectivity index (χ0) is 9.97. The van der Waals surface area contributed by atoms with Crippen LogP contribution in [0.1, 0.15) is 18.6 Å². The van der Waals surface area contributed by atoms with Crippen molar-refractivity contribution in [2.24, 2.45) is 0 Å². The molecule has 0 fully saturated rings. The topological polar surface area (TPSA) is 74.7 Å². The molecule has 1 aromatic carbocycles. The Morgan fingerprint density at radius 3 is 2.79 bits per heavy atom. The monoisotopic (exact) mass is 190 g/mol. The van der Waals surface area contributed by atoms with Crippen molar-refractivity contribution in [1.82, 2.24) is 20.6 Å². The van der Waals surface area contributed by atoms with Crippen molar-refractivity contribution in [1.29, 1.82) is 0 Å². The normalized spacial score (nSPS) is 12.7. The molecule has 5 heteroatoms. The molecule has 0 radical (unpaired) electrons. The van der Waals surface area contributed by atoms with Crippen LogP contribution in [0.3, 0.4) is 0 Å². The van der Waals surface area contributed by atoms with Gasteiger partial charge in [-0.15, -0.1) is 10.2 Å². The fourth-order valence-corrected chi connectivity index (χ4v) is 1.34. The molecule has 0 aliphatic heterocycles. The minimum atomic E-state index is -0.537. The summed E-state index contributed by atoms with van der Waals surface area (Å²) in [6, 6.07) is 7.44. The summed E-state index contributed by atoms with van der Waals surface area (Å²) in [5.74, 6) is 0.501. The van der Waals surface area contributed by atoms with Crippen molar-refractivity contribution >= 4 is 0 Å². The minimum absolute atomic E-state index is 0.501. The van der Waals surface area contributed by atoms with E-state index in [2.05, 4.69) is 20.6 Å². The number of rotatable bonds is 2. The van der Waals surface area contributed by atoms with Crippen molar-refractivity contribution in [3.63, 3.8) is 0 Å². The largest absolute Gasteiger partial charge is 0.389 e.